The van der Waals surface area contributed by atoms with Crippen LogP contribution in [0.3, 0.4) is 0 Å². The maximum absolute atomic E-state index is 14.3. The van der Waals surface area contributed by atoms with Crippen molar-refractivity contribution in [3.8, 4) is 16.9 Å². The molecule has 0 radical (unpaired) electrons. The third kappa shape index (κ3) is 8.25. The van der Waals surface area contributed by atoms with E-state index in [1.54, 1.807) is 56.1 Å². The van der Waals surface area contributed by atoms with Gasteiger partial charge in [-0.3, -0.25) is 14.2 Å². The van der Waals surface area contributed by atoms with Crippen LogP contribution in [-0.4, -0.2) is 73.6 Å². The van der Waals surface area contributed by atoms with E-state index in [4.69, 9.17) is 18.6 Å². The summed E-state index contributed by atoms with van der Waals surface area (Å²) in [5, 5.41) is 7.64. The van der Waals surface area contributed by atoms with Crippen LogP contribution < -0.4 is 15.4 Å². The Morgan fingerprint density at radius 3 is 2.55 bits per heavy atom. The number of benzene rings is 2. The zero-order chi connectivity index (χ0) is 37.2. The fraction of sp³-hybridized carbons (Fsp3) is 0.297. The van der Waals surface area contributed by atoms with E-state index in [0.29, 0.717) is 53.2 Å². The lowest BCUT2D eigenvalue weighted by Gasteiger charge is -2.23. The molecule has 6 aromatic rings. The molecule has 5 heterocycles. The summed E-state index contributed by atoms with van der Waals surface area (Å²) in [6.45, 7) is 2.83. The Bertz CT molecular complexity index is 2500. The first-order valence-electron chi connectivity index (χ1n) is 17.1. The summed E-state index contributed by atoms with van der Waals surface area (Å²) in [6, 6.07) is 16.1. The van der Waals surface area contributed by atoms with Crippen LogP contribution in [0.2, 0.25) is 0 Å². The lowest BCUT2D eigenvalue weighted by molar-refractivity contribution is -0.106. The highest BCUT2D eigenvalue weighted by Gasteiger charge is 2.26. The van der Waals surface area contributed by atoms with E-state index in [0.717, 1.165) is 47.6 Å². The molecule has 276 valence electrons. The molecule has 0 aliphatic carbocycles. The van der Waals surface area contributed by atoms with Gasteiger partial charge in [0, 0.05) is 49.6 Å². The third-order valence-electron chi connectivity index (χ3n) is 8.79. The number of pyridine rings is 2. The van der Waals surface area contributed by atoms with E-state index in [1.165, 1.54) is 3.97 Å². The second-order valence-electron chi connectivity index (χ2n) is 12.8. The molecule has 1 aliphatic rings. The Labute approximate surface area is 307 Å². The predicted molar refractivity (Wildman–Crippen MR) is 202 cm³/mol. The maximum atomic E-state index is 14.3. The molecule has 2 aromatic carbocycles. The summed E-state index contributed by atoms with van der Waals surface area (Å²) in [7, 11) is -6.03. The molecular formula is C37H39N7O7S2. The predicted octanol–water partition coefficient (Wildman–Crippen LogP) is 5.66. The first-order chi connectivity index (χ1) is 25.5. The van der Waals surface area contributed by atoms with Crippen molar-refractivity contribution in [2.45, 2.75) is 50.3 Å². The number of aromatic nitrogens is 5. The highest BCUT2D eigenvalue weighted by Crippen LogP contribution is 2.38. The SMILES string of the molecule is CNc1nc(NCc2cncc(OC3CCCCO3)c2)c2c(-c3ccc4ncc(CCOS(C)(=O)=O)cc4c3)cn(S(=O)(=O)c3ccc(C)cc3)c2n1. The van der Waals surface area contributed by atoms with Crippen molar-refractivity contribution in [1.82, 2.24) is 23.9 Å². The summed E-state index contributed by atoms with van der Waals surface area (Å²) in [5.74, 6) is 1.21. The lowest BCUT2D eigenvalue weighted by Crippen LogP contribution is -2.25. The molecule has 0 bridgehead atoms. The number of aryl methyl sites for hydroxylation is 1. The Hall–Kier alpha value is -5.16. The number of nitrogens with zero attached hydrogens (tertiary/aromatic N) is 5. The molecule has 1 saturated heterocycles. The molecule has 53 heavy (non-hydrogen) atoms. The van der Waals surface area contributed by atoms with Crippen LogP contribution in [0.25, 0.3) is 33.1 Å². The number of fused-ring (bicyclic) bond motifs is 2. The van der Waals surface area contributed by atoms with Crippen molar-refractivity contribution in [2.75, 3.05) is 37.2 Å². The van der Waals surface area contributed by atoms with E-state index in [1.807, 2.05) is 37.3 Å². The van der Waals surface area contributed by atoms with Gasteiger partial charge in [0.1, 0.15) is 11.6 Å². The van der Waals surface area contributed by atoms with Gasteiger partial charge < -0.3 is 20.1 Å². The summed E-state index contributed by atoms with van der Waals surface area (Å²) in [6.07, 6.45) is 10.5. The van der Waals surface area contributed by atoms with Crippen LogP contribution in [-0.2, 0) is 42.0 Å². The monoisotopic (exact) mass is 757 g/mol. The van der Waals surface area contributed by atoms with Crippen LogP contribution in [0, 0.1) is 6.92 Å². The largest absolute Gasteiger partial charge is 0.463 e. The van der Waals surface area contributed by atoms with Crippen molar-refractivity contribution in [3.63, 3.8) is 0 Å². The quantitative estimate of drug-likeness (QED) is 0.138. The molecule has 1 fully saturated rings. The van der Waals surface area contributed by atoms with Gasteiger partial charge in [-0.15, -0.1) is 0 Å². The molecule has 7 rings (SSSR count). The average Bonchev–Trinajstić information content (AvgIpc) is 3.54. The van der Waals surface area contributed by atoms with Gasteiger partial charge in [0.15, 0.2) is 11.9 Å². The second kappa shape index (κ2) is 15.1. The van der Waals surface area contributed by atoms with Gasteiger partial charge in [-0.25, -0.2) is 12.4 Å². The van der Waals surface area contributed by atoms with Gasteiger partial charge in [0.2, 0.25) is 5.95 Å². The number of hydrogen-bond acceptors (Lipinski definition) is 13. The first kappa shape index (κ1) is 36.2. The average molecular weight is 758 g/mol. The van der Waals surface area contributed by atoms with E-state index in [-0.39, 0.29) is 29.4 Å². The molecule has 1 aliphatic heterocycles. The van der Waals surface area contributed by atoms with Gasteiger partial charge in [0.05, 0.1) is 41.5 Å². The topological polar surface area (TPSA) is 177 Å². The van der Waals surface area contributed by atoms with Crippen molar-refractivity contribution < 1.29 is 30.5 Å². The minimum atomic E-state index is -4.11. The zero-order valence-corrected chi connectivity index (χ0v) is 31.1. The molecule has 2 N–H and O–H groups in total. The normalized spacial score (nSPS) is 15.1. The fourth-order valence-corrected chi connectivity index (χ4v) is 7.82. The minimum absolute atomic E-state index is 0.0187. The molecule has 0 amide bonds. The van der Waals surface area contributed by atoms with E-state index < -0.39 is 20.1 Å². The Morgan fingerprint density at radius 2 is 1.79 bits per heavy atom. The minimum Gasteiger partial charge on any atom is -0.463 e. The van der Waals surface area contributed by atoms with Gasteiger partial charge in [-0.2, -0.15) is 18.4 Å². The summed E-state index contributed by atoms with van der Waals surface area (Å²) in [4.78, 5) is 18.5. The van der Waals surface area contributed by atoms with Gasteiger partial charge in [-0.1, -0.05) is 23.8 Å². The number of ether oxygens (including phenoxy) is 2. The van der Waals surface area contributed by atoms with Crippen molar-refractivity contribution in [1.29, 1.82) is 0 Å². The summed E-state index contributed by atoms with van der Waals surface area (Å²) in [5.41, 5.74) is 4.67. The van der Waals surface area contributed by atoms with Gasteiger partial charge >= 0.3 is 0 Å². The van der Waals surface area contributed by atoms with Crippen LogP contribution in [0.4, 0.5) is 11.8 Å². The molecule has 0 saturated carbocycles. The molecule has 1 atom stereocenters. The third-order valence-corrected chi connectivity index (χ3v) is 11.0. The molecule has 14 nitrogen and oxygen atoms in total. The highest BCUT2D eigenvalue weighted by atomic mass is 32.2. The maximum Gasteiger partial charge on any atom is 0.269 e. The van der Waals surface area contributed by atoms with Crippen LogP contribution in [0.15, 0.2) is 84.3 Å². The number of nitrogens with one attached hydrogen (secondary N) is 2. The lowest BCUT2D eigenvalue weighted by atomic mass is 10.0. The molecule has 0 spiro atoms. The summed E-state index contributed by atoms with van der Waals surface area (Å²) < 4.78 is 69.5. The van der Waals surface area contributed by atoms with Gasteiger partial charge in [0.25, 0.3) is 20.1 Å². The van der Waals surface area contributed by atoms with E-state index in [2.05, 4.69) is 25.6 Å². The van der Waals surface area contributed by atoms with Crippen LogP contribution >= 0.6 is 0 Å². The Balaban J connectivity index is 1.32. The standard InChI is InChI=1S/C37H39N7O7S2/c1-24-7-10-30(11-8-24)53(47,48)44-23-31(27-9-12-32-28(18-27)16-25(20-40-32)13-15-50-52(3,45)46)34-35(42-37(38-2)43-36(34)44)41-21-26-17-29(22-39-19-26)51-33-6-4-5-14-49-33/h7-12,16-20,22-23,33H,4-6,13-15,21H2,1-3H3,(H2,38,41,42,43). The molecular weight excluding hydrogens is 719 g/mol. The molecule has 4 aromatic heterocycles. The van der Waals surface area contributed by atoms with Crippen molar-refractivity contribution in [3.05, 3.63) is 96.1 Å². The molecule has 16 heteroatoms. The summed E-state index contributed by atoms with van der Waals surface area (Å²) >= 11 is 0. The molecule has 1 unspecified atom stereocenters. The fourth-order valence-electron chi connectivity index (χ4n) is 6.12. The Morgan fingerprint density at radius 1 is 0.962 bits per heavy atom. The smallest absolute Gasteiger partial charge is 0.269 e. The number of hydrogen-bond donors (Lipinski definition) is 2. The zero-order valence-electron chi connectivity index (χ0n) is 29.4. The van der Waals surface area contributed by atoms with E-state index >= 15 is 0 Å². The number of anilines is 2. The second-order valence-corrected chi connectivity index (χ2v) is 16.3. The number of rotatable bonds is 13. The van der Waals surface area contributed by atoms with E-state index in [9.17, 15) is 16.8 Å². The first-order valence-corrected chi connectivity index (χ1v) is 20.3. The van der Waals surface area contributed by atoms with Crippen molar-refractivity contribution >= 4 is 53.8 Å². The van der Waals surface area contributed by atoms with Crippen molar-refractivity contribution in [2.24, 2.45) is 0 Å². The van der Waals surface area contributed by atoms with Crippen LogP contribution in [0.1, 0.15) is 36.0 Å². The Kier molecular flexibility index (Phi) is 10.3. The van der Waals surface area contributed by atoms with Gasteiger partial charge in [-0.05, 0) is 79.3 Å². The highest BCUT2D eigenvalue weighted by molar-refractivity contribution is 7.90. The van der Waals surface area contributed by atoms with Crippen LogP contribution in [0.5, 0.6) is 5.75 Å².